The highest BCUT2D eigenvalue weighted by atomic mass is 19.1. The van der Waals surface area contributed by atoms with Crippen molar-refractivity contribution in [3.05, 3.63) is 58.7 Å². The molecule has 2 amide bonds. The number of carbonyl (C=O) groups excluding carboxylic acids is 1. The molecule has 2 N–H and O–H groups in total. The van der Waals surface area contributed by atoms with Gasteiger partial charge in [0.2, 0.25) is 0 Å². The largest absolute Gasteiger partial charge is 0.497 e. The van der Waals surface area contributed by atoms with Gasteiger partial charge in [-0.3, -0.25) is 4.90 Å². The second-order valence-electron chi connectivity index (χ2n) is 17.0. The van der Waals surface area contributed by atoms with E-state index in [1.54, 1.807) is 41.5 Å². The molecule has 16 heteroatoms. The Morgan fingerprint density at radius 2 is 1.06 bits per heavy atom. The van der Waals surface area contributed by atoms with E-state index in [0.29, 0.717) is 0 Å². The highest BCUT2D eigenvalue weighted by Crippen LogP contribution is 2.38. The Labute approximate surface area is 305 Å². The van der Waals surface area contributed by atoms with Crippen LogP contribution >= 0.6 is 0 Å². The van der Waals surface area contributed by atoms with Crippen LogP contribution < -0.4 is 16.2 Å². The lowest BCUT2D eigenvalue weighted by Gasteiger charge is -2.33. The van der Waals surface area contributed by atoms with Crippen LogP contribution in [0.5, 0.6) is 0 Å². The molecule has 52 heavy (non-hydrogen) atoms. The molecule has 0 bridgehead atoms. The zero-order chi connectivity index (χ0) is 40.0. The van der Waals surface area contributed by atoms with Gasteiger partial charge in [0.15, 0.2) is 0 Å². The van der Waals surface area contributed by atoms with Crippen LogP contribution in [0, 0.1) is 23.3 Å². The average Bonchev–Trinajstić information content (AvgIpc) is 3.30. The van der Waals surface area contributed by atoms with E-state index in [-0.39, 0.29) is 35.1 Å². The van der Waals surface area contributed by atoms with Crippen molar-refractivity contribution >= 4 is 37.3 Å². The van der Waals surface area contributed by atoms with Crippen LogP contribution in [0.4, 0.5) is 27.2 Å². The molecule has 0 spiro atoms. The summed E-state index contributed by atoms with van der Waals surface area (Å²) in [6, 6.07) is 4.11. The summed E-state index contributed by atoms with van der Waals surface area (Å²) in [5, 5.41) is 11.8. The lowest BCUT2D eigenvalue weighted by molar-refractivity contribution is 0.00578. The average molecular weight is 738 g/mol. The third kappa shape index (κ3) is 10.00. The van der Waals surface area contributed by atoms with Gasteiger partial charge in [-0.15, -0.1) is 0 Å². The van der Waals surface area contributed by atoms with Crippen LogP contribution in [0.2, 0.25) is 0 Å². The Kier molecular flexibility index (Phi) is 12.3. The van der Waals surface area contributed by atoms with Crippen molar-refractivity contribution in [1.82, 2.24) is 10.2 Å². The van der Waals surface area contributed by atoms with Crippen LogP contribution in [0.1, 0.15) is 108 Å². The van der Waals surface area contributed by atoms with E-state index in [2.05, 4.69) is 5.32 Å². The van der Waals surface area contributed by atoms with Gasteiger partial charge in [0.25, 0.3) is 0 Å². The summed E-state index contributed by atoms with van der Waals surface area (Å²) in [6.45, 7) is 24.4. The zero-order valence-corrected chi connectivity index (χ0v) is 32.6. The molecule has 4 rings (SSSR count). The SMILES string of the molecule is CC(C)(C)N(Cc1cc(F)c(B2OC(C)(C)C(C)(C)O2)cc1F)C(=O)O.CC(C)(C)OC(=O)NCc1cc(F)c(B2OC(C)(C)C(C)(C)O2)cc1F. The number of halogens is 4. The fourth-order valence-corrected chi connectivity index (χ4v) is 5.01. The molecule has 0 aliphatic carbocycles. The quantitative estimate of drug-likeness (QED) is 0.245. The molecular weight excluding hydrogens is 686 g/mol. The molecule has 2 fully saturated rings. The summed E-state index contributed by atoms with van der Waals surface area (Å²) in [7, 11) is -2.02. The number of hydrogen-bond donors (Lipinski definition) is 2. The van der Waals surface area contributed by atoms with Gasteiger partial charge in [-0.25, -0.2) is 27.2 Å². The number of rotatable bonds is 6. The predicted molar refractivity (Wildman–Crippen MR) is 191 cm³/mol. The zero-order valence-electron chi connectivity index (χ0n) is 32.6. The van der Waals surface area contributed by atoms with Crippen molar-refractivity contribution in [2.45, 2.75) is 144 Å². The van der Waals surface area contributed by atoms with Crippen LogP contribution in [-0.4, -0.2) is 70.0 Å². The molecule has 2 saturated heterocycles. The summed E-state index contributed by atoms with van der Waals surface area (Å²) in [5.41, 5.74) is -4.17. The van der Waals surface area contributed by atoms with Crippen LogP contribution in [0.3, 0.4) is 0 Å². The Morgan fingerprint density at radius 1 is 0.692 bits per heavy atom. The second-order valence-corrected chi connectivity index (χ2v) is 17.0. The van der Waals surface area contributed by atoms with Gasteiger partial charge in [0, 0.05) is 34.1 Å². The van der Waals surface area contributed by atoms with Gasteiger partial charge in [0.1, 0.15) is 28.9 Å². The summed E-state index contributed by atoms with van der Waals surface area (Å²) >= 11 is 0. The maximum Gasteiger partial charge on any atom is 0.497 e. The van der Waals surface area contributed by atoms with E-state index in [4.69, 9.17) is 23.4 Å². The minimum atomic E-state index is -1.20. The monoisotopic (exact) mass is 738 g/mol. The number of alkyl carbamates (subject to hydrolysis) is 1. The molecule has 0 radical (unpaired) electrons. The molecule has 2 heterocycles. The lowest BCUT2D eigenvalue weighted by atomic mass is 9.78. The van der Waals surface area contributed by atoms with Crippen molar-refractivity contribution in [2.75, 3.05) is 0 Å². The molecule has 0 atom stereocenters. The first-order chi connectivity index (χ1) is 23.4. The molecule has 10 nitrogen and oxygen atoms in total. The number of carboxylic acid groups (broad SMARTS) is 1. The van der Waals surface area contributed by atoms with Crippen molar-refractivity contribution < 1.29 is 55.6 Å². The van der Waals surface area contributed by atoms with Crippen LogP contribution in [0.25, 0.3) is 0 Å². The molecule has 2 aromatic carbocycles. The Balaban J connectivity index is 0.000000280. The van der Waals surface area contributed by atoms with Gasteiger partial charge in [-0.2, -0.15) is 0 Å². The number of benzene rings is 2. The summed E-state index contributed by atoms with van der Waals surface area (Å²) in [4.78, 5) is 24.1. The fourth-order valence-electron chi connectivity index (χ4n) is 5.01. The number of amides is 2. The van der Waals surface area contributed by atoms with Gasteiger partial charge in [-0.1, -0.05) is 0 Å². The maximum atomic E-state index is 14.6. The van der Waals surface area contributed by atoms with E-state index in [0.717, 1.165) is 29.2 Å². The fraction of sp³-hybridized carbons (Fsp3) is 0.611. The first-order valence-corrected chi connectivity index (χ1v) is 17.0. The van der Waals surface area contributed by atoms with Crippen LogP contribution in [0.15, 0.2) is 24.3 Å². The van der Waals surface area contributed by atoms with Crippen molar-refractivity contribution in [1.29, 1.82) is 0 Å². The van der Waals surface area contributed by atoms with E-state index in [9.17, 15) is 32.3 Å². The Morgan fingerprint density at radius 3 is 1.40 bits per heavy atom. The summed E-state index contributed by atoms with van der Waals surface area (Å²) in [5.74, 6) is -2.72. The third-order valence-electron chi connectivity index (χ3n) is 9.54. The first-order valence-electron chi connectivity index (χ1n) is 17.0. The Bertz CT molecular complexity index is 1620. The van der Waals surface area contributed by atoms with Gasteiger partial charge in [0.05, 0.1) is 28.9 Å². The number of nitrogens with zero attached hydrogens (tertiary/aromatic N) is 1. The molecule has 2 aliphatic rings. The molecule has 2 aromatic rings. The third-order valence-corrected chi connectivity index (χ3v) is 9.54. The highest BCUT2D eigenvalue weighted by molar-refractivity contribution is 6.62. The number of nitrogens with one attached hydrogen (secondary N) is 1. The van der Waals surface area contributed by atoms with Crippen molar-refractivity contribution in [3.63, 3.8) is 0 Å². The predicted octanol–water partition coefficient (Wildman–Crippen LogP) is 6.83. The topological polar surface area (TPSA) is 116 Å². The van der Waals surface area contributed by atoms with E-state index < -0.39 is 83.2 Å². The molecule has 2 aliphatic heterocycles. The van der Waals surface area contributed by atoms with Gasteiger partial charge >= 0.3 is 26.4 Å². The molecule has 0 unspecified atom stereocenters. The normalized spacial score (nSPS) is 18.8. The number of hydrogen-bond acceptors (Lipinski definition) is 7. The summed E-state index contributed by atoms with van der Waals surface area (Å²) in [6.07, 6.45) is -1.90. The minimum Gasteiger partial charge on any atom is -0.465 e. The van der Waals surface area contributed by atoms with Crippen molar-refractivity contribution in [3.8, 4) is 0 Å². The summed E-state index contributed by atoms with van der Waals surface area (Å²) < 4.78 is 86.2. The lowest BCUT2D eigenvalue weighted by Crippen LogP contribution is -2.44. The number of ether oxygens (including phenoxy) is 1. The molecule has 0 saturated carbocycles. The van der Waals surface area contributed by atoms with Crippen LogP contribution in [-0.2, 0) is 36.4 Å². The highest BCUT2D eigenvalue weighted by Gasteiger charge is 2.53. The van der Waals surface area contributed by atoms with Crippen molar-refractivity contribution in [2.24, 2.45) is 0 Å². The second kappa shape index (κ2) is 14.8. The molecule has 288 valence electrons. The first kappa shape index (κ1) is 43.1. The Hall–Kier alpha value is -3.33. The standard InChI is InChI=1S/2C18H26BF2NO4/c1-16(2,3)24-15(23)22-10-11-8-14(21)12(9-13(11)20)19-25-17(4,5)18(6,7)26-19;1-16(2,3)22(15(23)24)10-11-8-14(21)12(9-13(11)20)19-25-17(4,5)18(6,7)26-19/h8-9H,10H2,1-7H3,(H,22,23);8-9H,10H2,1-7H3,(H,23,24). The number of carbonyl (C=O) groups is 2. The molecular formula is C36H52B2F4N2O8. The molecule has 0 aromatic heterocycles. The van der Waals surface area contributed by atoms with E-state index in [1.165, 1.54) is 0 Å². The van der Waals surface area contributed by atoms with Gasteiger partial charge < -0.3 is 33.8 Å². The van der Waals surface area contributed by atoms with E-state index >= 15 is 0 Å². The van der Waals surface area contributed by atoms with Gasteiger partial charge in [-0.05, 0) is 121 Å². The minimum absolute atomic E-state index is 0.00799. The smallest absolute Gasteiger partial charge is 0.465 e. The van der Waals surface area contributed by atoms with E-state index in [1.807, 2.05) is 55.4 Å². The maximum absolute atomic E-state index is 14.6.